The molecule has 1 fully saturated rings. The smallest absolute Gasteiger partial charge is 0.224 e. The molecule has 3 heteroatoms. The van der Waals surface area contributed by atoms with Crippen LogP contribution in [0.1, 0.15) is 28.5 Å². The molecule has 114 valence electrons. The van der Waals surface area contributed by atoms with Gasteiger partial charge < -0.3 is 4.90 Å². The van der Waals surface area contributed by atoms with Crippen molar-refractivity contribution in [2.75, 3.05) is 12.3 Å². The predicted octanol–water partition coefficient (Wildman–Crippen LogP) is 4.20. The molecule has 0 N–H and O–H groups in total. The Balaban J connectivity index is 1.64. The summed E-state index contributed by atoms with van der Waals surface area (Å²) < 4.78 is 0. The van der Waals surface area contributed by atoms with E-state index in [1.807, 2.05) is 34.9 Å². The molecular weight excluding hydrogens is 290 g/mol. The van der Waals surface area contributed by atoms with E-state index in [0.29, 0.717) is 6.42 Å². The minimum absolute atomic E-state index is 0.186. The minimum atomic E-state index is 0.186. The molecule has 1 unspecified atom stereocenters. The number of thioether (sulfide) groups is 1. The summed E-state index contributed by atoms with van der Waals surface area (Å²) in [6, 6.07) is 18.8. The second-order valence-corrected chi connectivity index (χ2v) is 6.90. The molecule has 0 saturated carbocycles. The number of benzene rings is 2. The van der Waals surface area contributed by atoms with Gasteiger partial charge in [0.2, 0.25) is 5.91 Å². The van der Waals surface area contributed by atoms with E-state index in [9.17, 15) is 4.79 Å². The van der Waals surface area contributed by atoms with Crippen molar-refractivity contribution < 1.29 is 4.79 Å². The second-order valence-electron chi connectivity index (χ2n) is 5.71. The van der Waals surface area contributed by atoms with Crippen LogP contribution in [-0.4, -0.2) is 23.1 Å². The number of hydrogen-bond acceptors (Lipinski definition) is 2. The van der Waals surface area contributed by atoms with Gasteiger partial charge in [0.1, 0.15) is 5.37 Å². The van der Waals surface area contributed by atoms with E-state index >= 15 is 0 Å². The monoisotopic (exact) mass is 311 g/mol. The number of aryl methyl sites for hydroxylation is 2. The van der Waals surface area contributed by atoms with Crippen molar-refractivity contribution in [3.05, 3.63) is 71.3 Å². The molecule has 2 aromatic carbocycles. The molecule has 1 aliphatic rings. The van der Waals surface area contributed by atoms with Gasteiger partial charge in [0.25, 0.3) is 0 Å². The molecular formula is C19H21NOS. The highest BCUT2D eigenvalue weighted by Gasteiger charge is 2.29. The predicted molar refractivity (Wildman–Crippen MR) is 92.9 cm³/mol. The standard InChI is InChI=1S/C19H21NOS/c1-15-6-5-7-16(14-15)10-11-18(21)20-12-13-22-19(20)17-8-3-2-4-9-17/h2-9,14,19H,10-13H2,1H3. The van der Waals surface area contributed by atoms with Crippen molar-refractivity contribution in [3.63, 3.8) is 0 Å². The summed E-state index contributed by atoms with van der Waals surface area (Å²) in [5.41, 5.74) is 3.73. The highest BCUT2D eigenvalue weighted by molar-refractivity contribution is 7.99. The first-order valence-corrected chi connectivity index (χ1v) is 8.80. The first-order valence-electron chi connectivity index (χ1n) is 7.75. The van der Waals surface area contributed by atoms with Gasteiger partial charge in [-0.05, 0) is 24.5 Å². The topological polar surface area (TPSA) is 20.3 Å². The van der Waals surface area contributed by atoms with E-state index in [0.717, 1.165) is 18.7 Å². The molecule has 0 spiro atoms. The van der Waals surface area contributed by atoms with Crippen LogP contribution in [0.15, 0.2) is 54.6 Å². The molecule has 22 heavy (non-hydrogen) atoms. The third-order valence-corrected chi connectivity index (χ3v) is 5.27. The molecule has 0 aromatic heterocycles. The Morgan fingerprint density at radius 2 is 2.00 bits per heavy atom. The van der Waals surface area contributed by atoms with Crippen LogP contribution in [0.2, 0.25) is 0 Å². The SMILES string of the molecule is Cc1cccc(CCC(=O)N2CCSC2c2ccccc2)c1. The number of nitrogens with zero attached hydrogens (tertiary/aromatic N) is 1. The molecule has 1 amide bonds. The Kier molecular flexibility index (Phi) is 4.84. The lowest BCUT2D eigenvalue weighted by molar-refractivity contribution is -0.131. The van der Waals surface area contributed by atoms with Gasteiger partial charge >= 0.3 is 0 Å². The largest absolute Gasteiger partial charge is 0.326 e. The number of rotatable bonds is 4. The molecule has 0 radical (unpaired) electrons. The van der Waals surface area contributed by atoms with Crippen molar-refractivity contribution in [1.82, 2.24) is 4.90 Å². The number of carbonyl (C=O) groups excluding carboxylic acids is 1. The second kappa shape index (κ2) is 7.01. The molecule has 1 heterocycles. The number of hydrogen-bond donors (Lipinski definition) is 0. The van der Waals surface area contributed by atoms with E-state index in [2.05, 4.69) is 43.3 Å². The maximum atomic E-state index is 12.6. The zero-order chi connectivity index (χ0) is 15.4. The summed E-state index contributed by atoms with van der Waals surface area (Å²) in [5, 5.41) is 0.186. The molecule has 1 aliphatic heterocycles. The minimum Gasteiger partial charge on any atom is -0.326 e. The van der Waals surface area contributed by atoms with Crippen LogP contribution >= 0.6 is 11.8 Å². The van der Waals surface area contributed by atoms with Crippen molar-refractivity contribution >= 4 is 17.7 Å². The highest BCUT2D eigenvalue weighted by Crippen LogP contribution is 2.38. The van der Waals surface area contributed by atoms with E-state index in [4.69, 9.17) is 0 Å². The third-order valence-electron chi connectivity index (χ3n) is 4.01. The summed E-state index contributed by atoms with van der Waals surface area (Å²) in [4.78, 5) is 14.6. The Labute approximate surface area is 136 Å². The molecule has 0 bridgehead atoms. The van der Waals surface area contributed by atoms with Crippen LogP contribution in [0.4, 0.5) is 0 Å². The maximum absolute atomic E-state index is 12.6. The van der Waals surface area contributed by atoms with Crippen LogP contribution in [0.25, 0.3) is 0 Å². The molecule has 3 rings (SSSR count). The highest BCUT2D eigenvalue weighted by atomic mass is 32.2. The van der Waals surface area contributed by atoms with Gasteiger partial charge in [0, 0.05) is 18.7 Å². The van der Waals surface area contributed by atoms with Crippen molar-refractivity contribution in [2.45, 2.75) is 25.1 Å². The average Bonchev–Trinajstić information content (AvgIpc) is 3.03. The lowest BCUT2D eigenvalue weighted by Gasteiger charge is -2.24. The van der Waals surface area contributed by atoms with Crippen LogP contribution < -0.4 is 0 Å². The van der Waals surface area contributed by atoms with Crippen LogP contribution in [0.3, 0.4) is 0 Å². The normalized spacial score (nSPS) is 17.7. The Morgan fingerprint density at radius 1 is 1.18 bits per heavy atom. The van der Waals surface area contributed by atoms with Crippen molar-refractivity contribution in [3.8, 4) is 0 Å². The Hall–Kier alpha value is -1.74. The van der Waals surface area contributed by atoms with Gasteiger partial charge in [0.15, 0.2) is 0 Å². The summed E-state index contributed by atoms with van der Waals surface area (Å²) in [7, 11) is 0. The average molecular weight is 311 g/mol. The Morgan fingerprint density at radius 3 is 2.77 bits per heavy atom. The zero-order valence-corrected chi connectivity index (χ0v) is 13.7. The molecule has 0 aliphatic carbocycles. The Bertz CT molecular complexity index is 641. The van der Waals surface area contributed by atoms with E-state index in [-0.39, 0.29) is 11.3 Å². The maximum Gasteiger partial charge on any atom is 0.224 e. The summed E-state index contributed by atoms with van der Waals surface area (Å²) in [6.07, 6.45) is 1.41. The van der Waals surface area contributed by atoms with Gasteiger partial charge in [-0.1, -0.05) is 60.2 Å². The fourth-order valence-electron chi connectivity index (χ4n) is 2.88. The van der Waals surface area contributed by atoms with Crippen molar-refractivity contribution in [2.24, 2.45) is 0 Å². The van der Waals surface area contributed by atoms with Gasteiger partial charge in [-0.3, -0.25) is 4.79 Å². The van der Waals surface area contributed by atoms with Crippen LogP contribution in [-0.2, 0) is 11.2 Å². The van der Waals surface area contributed by atoms with E-state index in [1.165, 1.54) is 16.7 Å². The van der Waals surface area contributed by atoms with Gasteiger partial charge in [-0.2, -0.15) is 0 Å². The van der Waals surface area contributed by atoms with E-state index < -0.39 is 0 Å². The van der Waals surface area contributed by atoms with E-state index in [1.54, 1.807) is 0 Å². The first kappa shape index (κ1) is 15.2. The fourth-order valence-corrected chi connectivity index (χ4v) is 4.16. The summed E-state index contributed by atoms with van der Waals surface area (Å²) in [6.45, 7) is 2.95. The van der Waals surface area contributed by atoms with Crippen LogP contribution in [0, 0.1) is 6.92 Å². The molecule has 2 nitrogen and oxygen atoms in total. The summed E-state index contributed by atoms with van der Waals surface area (Å²) in [5.74, 6) is 1.29. The summed E-state index contributed by atoms with van der Waals surface area (Å²) >= 11 is 1.86. The number of amides is 1. The molecule has 2 aromatic rings. The van der Waals surface area contributed by atoms with Gasteiger partial charge in [-0.15, -0.1) is 11.8 Å². The molecule has 1 atom stereocenters. The lowest BCUT2D eigenvalue weighted by atomic mass is 10.1. The fraction of sp³-hybridized carbons (Fsp3) is 0.316. The molecule has 1 saturated heterocycles. The van der Waals surface area contributed by atoms with Crippen LogP contribution in [0.5, 0.6) is 0 Å². The zero-order valence-electron chi connectivity index (χ0n) is 12.9. The lowest BCUT2D eigenvalue weighted by Crippen LogP contribution is -2.30. The van der Waals surface area contributed by atoms with Gasteiger partial charge in [-0.25, -0.2) is 0 Å². The van der Waals surface area contributed by atoms with Gasteiger partial charge in [0.05, 0.1) is 0 Å². The first-order chi connectivity index (χ1) is 10.7. The van der Waals surface area contributed by atoms with Crippen molar-refractivity contribution in [1.29, 1.82) is 0 Å². The quantitative estimate of drug-likeness (QED) is 0.843. The third kappa shape index (κ3) is 3.53. The number of carbonyl (C=O) groups is 1.